The van der Waals surface area contributed by atoms with Gasteiger partial charge < -0.3 is 24.6 Å². The van der Waals surface area contributed by atoms with Crippen molar-refractivity contribution >= 4 is 7.60 Å². The number of hydrogen-bond donors (Lipinski definition) is 2. The molecule has 2 aromatic carbocycles. The minimum Gasteiger partial charge on any atom is -0.507 e. The molecule has 0 spiro atoms. The first kappa shape index (κ1) is 19.5. The second-order valence-corrected chi connectivity index (χ2v) is 7.47. The fourth-order valence-electron chi connectivity index (χ4n) is 2.33. The van der Waals surface area contributed by atoms with Crippen LogP contribution in [-0.4, -0.2) is 18.3 Å². The van der Waals surface area contributed by atoms with E-state index in [-0.39, 0.29) is 24.5 Å². The van der Waals surface area contributed by atoms with Gasteiger partial charge in [-0.05, 0) is 31.5 Å². The predicted octanol–water partition coefficient (Wildman–Crippen LogP) is 4.19. The molecule has 2 aromatic rings. The molecule has 0 aliphatic carbocycles. The maximum atomic E-state index is 12.7. The third-order valence-electron chi connectivity index (χ3n) is 3.53. The highest BCUT2D eigenvalue weighted by Gasteiger charge is 2.35. The van der Waals surface area contributed by atoms with E-state index in [2.05, 4.69) is 0 Å². The molecule has 0 saturated heterocycles. The van der Waals surface area contributed by atoms with Crippen molar-refractivity contribution in [3.8, 4) is 11.5 Å². The van der Waals surface area contributed by atoms with Crippen LogP contribution in [0.5, 0.6) is 11.5 Å². The number of hydrogen-bond acceptors (Lipinski definition) is 6. The number of benzene rings is 2. The Bertz CT molecular complexity index is 713. The zero-order valence-electron chi connectivity index (χ0n) is 14.4. The van der Waals surface area contributed by atoms with E-state index in [1.807, 2.05) is 30.3 Å². The molecule has 0 unspecified atom stereocenters. The van der Waals surface area contributed by atoms with Gasteiger partial charge in [0, 0.05) is 11.6 Å². The van der Waals surface area contributed by atoms with Crippen LogP contribution in [0.15, 0.2) is 48.5 Å². The smallest absolute Gasteiger partial charge is 0.351 e. The Morgan fingerprint density at radius 1 is 1.08 bits per heavy atom. The Balaban J connectivity index is 2.13. The maximum Gasteiger partial charge on any atom is 0.351 e. The Morgan fingerprint density at radius 3 is 2.28 bits per heavy atom. The molecule has 0 aliphatic rings. The zero-order valence-corrected chi connectivity index (χ0v) is 15.3. The summed E-state index contributed by atoms with van der Waals surface area (Å²) in [7, 11) is -3.56. The van der Waals surface area contributed by atoms with Gasteiger partial charge in [0.2, 0.25) is 0 Å². The summed E-state index contributed by atoms with van der Waals surface area (Å²) in [5.41, 5.74) is 7.35. The Labute approximate surface area is 148 Å². The first-order valence-corrected chi connectivity index (χ1v) is 9.75. The summed E-state index contributed by atoms with van der Waals surface area (Å²) in [6, 6.07) is 14.4. The quantitative estimate of drug-likeness (QED) is 0.648. The number of nitrogens with two attached hydrogens (primary N) is 1. The summed E-state index contributed by atoms with van der Waals surface area (Å²) in [6.07, 6.45) is 0. The molecule has 2 rings (SSSR count). The van der Waals surface area contributed by atoms with Crippen LogP contribution in [-0.2, 0) is 20.2 Å². The number of phenolic OH excluding ortho intramolecular Hbond substituents is 1. The van der Waals surface area contributed by atoms with E-state index in [0.29, 0.717) is 12.4 Å². The highest BCUT2D eigenvalue weighted by Crippen LogP contribution is 2.59. The van der Waals surface area contributed by atoms with Crippen molar-refractivity contribution in [1.29, 1.82) is 0 Å². The lowest BCUT2D eigenvalue weighted by atomic mass is 10.2. The second-order valence-electron chi connectivity index (χ2n) is 5.32. The van der Waals surface area contributed by atoms with Crippen molar-refractivity contribution in [2.24, 2.45) is 5.73 Å². The van der Waals surface area contributed by atoms with Gasteiger partial charge in [0.1, 0.15) is 23.9 Å². The van der Waals surface area contributed by atoms with E-state index < -0.39 is 13.4 Å². The average Bonchev–Trinajstić information content (AvgIpc) is 2.61. The normalized spacial score (nSPS) is 12.8. The van der Waals surface area contributed by atoms with Crippen molar-refractivity contribution < 1.29 is 23.5 Å². The minimum atomic E-state index is -3.56. The molecule has 25 heavy (non-hydrogen) atoms. The molecule has 0 aromatic heterocycles. The van der Waals surface area contributed by atoms with Crippen molar-refractivity contribution in [3.05, 3.63) is 59.7 Å². The third-order valence-corrected chi connectivity index (χ3v) is 5.72. The Hall–Kier alpha value is -1.85. The number of aromatic hydroxyl groups is 1. The van der Waals surface area contributed by atoms with Crippen LogP contribution in [0.1, 0.15) is 30.8 Å². The molecule has 0 radical (unpaired) electrons. The highest BCUT2D eigenvalue weighted by molar-refractivity contribution is 7.54. The van der Waals surface area contributed by atoms with Gasteiger partial charge in [0.15, 0.2) is 0 Å². The molecule has 0 saturated carbocycles. The van der Waals surface area contributed by atoms with Gasteiger partial charge in [-0.1, -0.05) is 30.3 Å². The number of rotatable bonds is 9. The monoisotopic (exact) mass is 365 g/mol. The van der Waals surface area contributed by atoms with Crippen LogP contribution in [0.3, 0.4) is 0 Å². The van der Waals surface area contributed by atoms with Crippen LogP contribution in [0.25, 0.3) is 0 Å². The highest BCUT2D eigenvalue weighted by atomic mass is 31.2. The minimum absolute atomic E-state index is 0.113. The lowest BCUT2D eigenvalue weighted by molar-refractivity contribution is 0.212. The molecule has 0 bridgehead atoms. The van der Waals surface area contributed by atoms with E-state index in [1.165, 1.54) is 6.07 Å². The third kappa shape index (κ3) is 5.06. The van der Waals surface area contributed by atoms with E-state index in [0.717, 1.165) is 5.56 Å². The SMILES string of the molecule is CCOP(=O)(OCC)[C@H](N)c1ccc(OCc2ccccc2)cc1O. The van der Waals surface area contributed by atoms with Crippen LogP contribution in [0.2, 0.25) is 0 Å². The first-order chi connectivity index (χ1) is 12.0. The summed E-state index contributed by atoms with van der Waals surface area (Å²) in [5.74, 6) is -0.701. The Kier molecular flexibility index (Phi) is 7.02. The van der Waals surface area contributed by atoms with Crippen LogP contribution >= 0.6 is 7.60 Å². The van der Waals surface area contributed by atoms with Gasteiger partial charge in [-0.2, -0.15) is 0 Å². The molecule has 7 heteroatoms. The van der Waals surface area contributed by atoms with Gasteiger partial charge in [0.25, 0.3) is 0 Å². The van der Waals surface area contributed by atoms with Gasteiger partial charge in [-0.15, -0.1) is 0 Å². The molecule has 3 N–H and O–H groups in total. The molecule has 6 nitrogen and oxygen atoms in total. The summed E-state index contributed by atoms with van der Waals surface area (Å²) in [5, 5.41) is 10.3. The summed E-state index contributed by atoms with van der Waals surface area (Å²) < 4.78 is 28.9. The van der Waals surface area contributed by atoms with E-state index >= 15 is 0 Å². The maximum absolute atomic E-state index is 12.7. The van der Waals surface area contributed by atoms with Gasteiger partial charge in [-0.3, -0.25) is 4.57 Å². The summed E-state index contributed by atoms with van der Waals surface area (Å²) in [4.78, 5) is 0. The van der Waals surface area contributed by atoms with Crippen molar-refractivity contribution in [1.82, 2.24) is 0 Å². The van der Waals surface area contributed by atoms with Gasteiger partial charge >= 0.3 is 7.60 Å². The van der Waals surface area contributed by atoms with Crippen LogP contribution < -0.4 is 10.5 Å². The zero-order chi connectivity index (χ0) is 18.3. The predicted molar refractivity (Wildman–Crippen MR) is 96.7 cm³/mol. The van der Waals surface area contributed by atoms with Crippen molar-refractivity contribution in [3.63, 3.8) is 0 Å². The van der Waals surface area contributed by atoms with Crippen molar-refractivity contribution in [2.75, 3.05) is 13.2 Å². The topological polar surface area (TPSA) is 91.0 Å². The molecular weight excluding hydrogens is 341 g/mol. The van der Waals surface area contributed by atoms with Crippen molar-refractivity contribution in [2.45, 2.75) is 26.2 Å². The van der Waals surface area contributed by atoms with E-state index in [4.69, 9.17) is 19.5 Å². The molecule has 0 amide bonds. The second kappa shape index (κ2) is 9.02. The molecule has 136 valence electrons. The fraction of sp³-hybridized carbons (Fsp3) is 0.333. The first-order valence-electron chi connectivity index (χ1n) is 8.14. The van der Waals surface area contributed by atoms with E-state index in [1.54, 1.807) is 26.0 Å². The summed E-state index contributed by atoms with van der Waals surface area (Å²) >= 11 is 0. The summed E-state index contributed by atoms with van der Waals surface area (Å²) in [6.45, 7) is 4.19. The number of phenols is 1. The van der Waals surface area contributed by atoms with E-state index in [9.17, 15) is 9.67 Å². The lowest BCUT2D eigenvalue weighted by Gasteiger charge is -2.24. The molecule has 0 aliphatic heterocycles. The molecule has 0 heterocycles. The molecular formula is C18H24NO5P. The lowest BCUT2D eigenvalue weighted by Crippen LogP contribution is -2.15. The van der Waals surface area contributed by atoms with Gasteiger partial charge in [-0.25, -0.2) is 0 Å². The average molecular weight is 365 g/mol. The standard InChI is InChI=1S/C18H24NO5P/c1-3-23-25(21,24-4-2)18(19)16-11-10-15(12-17(16)20)22-13-14-8-6-5-7-9-14/h5-12,18,20H,3-4,13,19H2,1-2H3/t18-/m0/s1. The van der Waals surface area contributed by atoms with Gasteiger partial charge in [0.05, 0.1) is 13.2 Å². The van der Waals surface area contributed by atoms with Crippen LogP contribution in [0.4, 0.5) is 0 Å². The molecule has 1 atom stereocenters. The Morgan fingerprint density at radius 2 is 1.72 bits per heavy atom. The van der Waals surface area contributed by atoms with Crippen LogP contribution in [0, 0.1) is 0 Å². The fourth-order valence-corrected chi connectivity index (χ4v) is 4.01. The largest absolute Gasteiger partial charge is 0.507 e. The number of ether oxygens (including phenoxy) is 1. The molecule has 0 fully saturated rings.